The molecule has 0 nitrogen and oxygen atoms in total. The summed E-state index contributed by atoms with van der Waals surface area (Å²) < 4.78 is 0. The van der Waals surface area contributed by atoms with Crippen molar-refractivity contribution in [1.29, 1.82) is 0 Å². The molecule has 0 aliphatic heterocycles. The average Bonchev–Trinajstić information content (AvgIpc) is 2.87. The summed E-state index contributed by atoms with van der Waals surface area (Å²) in [5, 5.41) is 10.5. The van der Waals surface area contributed by atoms with Crippen LogP contribution in [-0.2, 0) is 0 Å². The molecule has 0 unspecified atom stereocenters. The molecule has 33 heavy (non-hydrogen) atoms. The van der Waals surface area contributed by atoms with Crippen LogP contribution in [0.25, 0.3) is 65.3 Å². The van der Waals surface area contributed by atoms with Gasteiger partial charge in [0.05, 0.1) is 0 Å². The van der Waals surface area contributed by atoms with Gasteiger partial charge in [-0.15, -0.1) is 0 Å². The van der Waals surface area contributed by atoms with Gasteiger partial charge in [0.2, 0.25) is 0 Å². The van der Waals surface area contributed by atoms with Gasteiger partial charge in [0.15, 0.2) is 0 Å². The quantitative estimate of drug-likeness (QED) is 0.245. The number of aryl methyl sites for hydroxylation is 1. The van der Waals surface area contributed by atoms with Crippen molar-refractivity contribution in [2.24, 2.45) is 0 Å². The maximum Gasteiger partial charge on any atom is -0.00203 e. The minimum Gasteiger partial charge on any atom is -0.0620 e. The molecule has 0 radical (unpaired) electrons. The van der Waals surface area contributed by atoms with Gasteiger partial charge in [-0.25, -0.2) is 0 Å². The molecular weight excluding hydrogens is 396 g/mol. The maximum atomic E-state index is 2.32. The number of hydrogen-bond acceptors (Lipinski definition) is 0. The van der Waals surface area contributed by atoms with E-state index in [9.17, 15) is 0 Å². The van der Waals surface area contributed by atoms with Crippen LogP contribution in [0.15, 0.2) is 115 Å². The molecule has 0 saturated carbocycles. The predicted molar refractivity (Wildman–Crippen MR) is 143 cm³/mol. The zero-order valence-electron chi connectivity index (χ0n) is 18.5. The zero-order valence-corrected chi connectivity index (χ0v) is 18.5. The van der Waals surface area contributed by atoms with Crippen molar-refractivity contribution < 1.29 is 0 Å². The van der Waals surface area contributed by atoms with E-state index >= 15 is 0 Å². The summed E-state index contributed by atoms with van der Waals surface area (Å²) in [6.07, 6.45) is 0. The molecule has 0 saturated heterocycles. The molecule has 0 N–H and O–H groups in total. The molecule has 7 aromatic rings. The zero-order chi connectivity index (χ0) is 21.9. The van der Waals surface area contributed by atoms with Gasteiger partial charge < -0.3 is 0 Å². The standard InChI is InChI=1S/C33H22/c1-21-6-2-5-9-27(21)29-17-13-24-14-18-30-28(16-12-23-15-19-31(29)33(24)32(23)30)26-11-10-22-7-3-4-8-25(22)20-26/h2-20H,1H3. The lowest BCUT2D eigenvalue weighted by Gasteiger charge is -2.17. The summed E-state index contributed by atoms with van der Waals surface area (Å²) in [6.45, 7) is 2.20. The number of hydrogen-bond donors (Lipinski definition) is 0. The Balaban J connectivity index is 1.57. The van der Waals surface area contributed by atoms with Gasteiger partial charge in [-0.2, -0.15) is 0 Å². The minimum atomic E-state index is 1.27. The summed E-state index contributed by atoms with van der Waals surface area (Å²) in [4.78, 5) is 0. The van der Waals surface area contributed by atoms with E-state index in [1.165, 1.54) is 70.9 Å². The Morgan fingerprint density at radius 2 is 0.970 bits per heavy atom. The van der Waals surface area contributed by atoms with Crippen molar-refractivity contribution in [2.75, 3.05) is 0 Å². The lowest BCUT2D eigenvalue weighted by atomic mass is 9.86. The summed E-state index contributed by atoms with van der Waals surface area (Å²) in [6, 6.07) is 42.4. The normalized spacial score (nSPS) is 11.8. The summed E-state index contributed by atoms with van der Waals surface area (Å²) in [7, 11) is 0. The van der Waals surface area contributed by atoms with Crippen LogP contribution in [0.3, 0.4) is 0 Å². The third kappa shape index (κ3) is 2.71. The van der Waals surface area contributed by atoms with E-state index in [0.717, 1.165) is 0 Å². The van der Waals surface area contributed by atoms with Crippen LogP contribution in [0.5, 0.6) is 0 Å². The molecular formula is C33H22. The second-order valence-electron chi connectivity index (χ2n) is 9.03. The van der Waals surface area contributed by atoms with E-state index in [-0.39, 0.29) is 0 Å². The molecule has 154 valence electrons. The highest BCUT2D eigenvalue weighted by molar-refractivity contribution is 6.27. The molecule has 0 aromatic heterocycles. The molecule has 0 spiro atoms. The first-order chi connectivity index (χ1) is 16.3. The smallest absolute Gasteiger partial charge is 0.00203 e. The van der Waals surface area contributed by atoms with Crippen molar-refractivity contribution in [3.63, 3.8) is 0 Å². The van der Waals surface area contributed by atoms with Gasteiger partial charge in [-0.3, -0.25) is 0 Å². The molecule has 0 amide bonds. The first kappa shape index (κ1) is 18.4. The van der Waals surface area contributed by atoms with Crippen LogP contribution in [-0.4, -0.2) is 0 Å². The molecule has 0 heteroatoms. The van der Waals surface area contributed by atoms with E-state index in [1.54, 1.807) is 0 Å². The highest BCUT2D eigenvalue weighted by atomic mass is 14.2. The van der Waals surface area contributed by atoms with Crippen molar-refractivity contribution in [3.8, 4) is 22.3 Å². The molecule has 0 atom stereocenters. The fraction of sp³-hybridized carbons (Fsp3) is 0.0303. The topological polar surface area (TPSA) is 0 Å². The monoisotopic (exact) mass is 418 g/mol. The highest BCUT2D eigenvalue weighted by Crippen LogP contribution is 2.42. The molecule has 0 heterocycles. The van der Waals surface area contributed by atoms with E-state index in [1.807, 2.05) is 0 Å². The van der Waals surface area contributed by atoms with Crippen LogP contribution < -0.4 is 0 Å². The van der Waals surface area contributed by atoms with Crippen LogP contribution in [0.1, 0.15) is 5.56 Å². The first-order valence-corrected chi connectivity index (χ1v) is 11.5. The Kier molecular flexibility index (Phi) is 3.86. The van der Waals surface area contributed by atoms with E-state index < -0.39 is 0 Å². The Bertz CT molecular complexity index is 1820. The molecule has 0 aliphatic rings. The van der Waals surface area contributed by atoms with Gasteiger partial charge in [0.25, 0.3) is 0 Å². The van der Waals surface area contributed by atoms with Gasteiger partial charge in [-0.05, 0) is 83.9 Å². The maximum absolute atomic E-state index is 2.32. The Morgan fingerprint density at radius 1 is 0.394 bits per heavy atom. The van der Waals surface area contributed by atoms with Crippen LogP contribution in [0, 0.1) is 6.92 Å². The molecule has 7 aromatic carbocycles. The van der Waals surface area contributed by atoms with Crippen molar-refractivity contribution in [1.82, 2.24) is 0 Å². The summed E-state index contributed by atoms with van der Waals surface area (Å²) >= 11 is 0. The number of benzene rings is 7. The number of rotatable bonds is 2. The Hall–Kier alpha value is -4.16. The SMILES string of the molecule is Cc1ccccc1-c1ccc2ccc3c(-c4ccc5ccccc5c4)ccc4ccc1c2c43. The van der Waals surface area contributed by atoms with Gasteiger partial charge in [-0.1, -0.05) is 109 Å². The van der Waals surface area contributed by atoms with Gasteiger partial charge >= 0.3 is 0 Å². The minimum absolute atomic E-state index is 1.27. The third-order valence-corrected chi connectivity index (χ3v) is 7.16. The van der Waals surface area contributed by atoms with E-state index in [0.29, 0.717) is 0 Å². The second-order valence-corrected chi connectivity index (χ2v) is 9.03. The molecule has 0 bridgehead atoms. The molecule has 7 rings (SSSR count). The molecule has 0 fully saturated rings. The van der Waals surface area contributed by atoms with Gasteiger partial charge in [0.1, 0.15) is 0 Å². The fourth-order valence-electron chi connectivity index (χ4n) is 5.52. The largest absolute Gasteiger partial charge is 0.0620 e. The first-order valence-electron chi connectivity index (χ1n) is 11.5. The summed E-state index contributed by atoms with van der Waals surface area (Å²) in [5.74, 6) is 0. The van der Waals surface area contributed by atoms with Crippen LogP contribution >= 0.6 is 0 Å². The van der Waals surface area contributed by atoms with E-state index in [2.05, 4.69) is 122 Å². The molecule has 0 aliphatic carbocycles. The van der Waals surface area contributed by atoms with Crippen LogP contribution in [0.2, 0.25) is 0 Å². The van der Waals surface area contributed by atoms with Crippen molar-refractivity contribution >= 4 is 43.1 Å². The lowest BCUT2D eigenvalue weighted by Crippen LogP contribution is -1.90. The van der Waals surface area contributed by atoms with Crippen LogP contribution in [0.4, 0.5) is 0 Å². The van der Waals surface area contributed by atoms with E-state index in [4.69, 9.17) is 0 Å². The van der Waals surface area contributed by atoms with Crippen molar-refractivity contribution in [3.05, 3.63) is 121 Å². The number of fused-ring (bicyclic) bond motifs is 1. The second kappa shape index (κ2) is 6.92. The Morgan fingerprint density at radius 3 is 1.73 bits per heavy atom. The fourth-order valence-corrected chi connectivity index (χ4v) is 5.52. The summed E-state index contributed by atoms with van der Waals surface area (Å²) in [5.41, 5.74) is 6.50. The average molecular weight is 419 g/mol. The van der Waals surface area contributed by atoms with Crippen molar-refractivity contribution in [2.45, 2.75) is 6.92 Å². The van der Waals surface area contributed by atoms with Gasteiger partial charge in [0, 0.05) is 0 Å². The predicted octanol–water partition coefficient (Wildman–Crippen LogP) is 9.38. The highest BCUT2D eigenvalue weighted by Gasteiger charge is 2.15. The Labute approximate surface area is 193 Å². The third-order valence-electron chi connectivity index (χ3n) is 7.16. The lowest BCUT2D eigenvalue weighted by molar-refractivity contribution is 1.47.